The van der Waals surface area contributed by atoms with Crippen LogP contribution in [0.2, 0.25) is 0 Å². The molecular weight excluding hydrogens is 338 g/mol. The Labute approximate surface area is 150 Å². The second kappa shape index (κ2) is 7.68. The van der Waals surface area contributed by atoms with E-state index in [1.54, 1.807) is 6.92 Å². The number of rotatable bonds is 7. The third kappa shape index (κ3) is 5.96. The van der Waals surface area contributed by atoms with Gasteiger partial charge in [-0.1, -0.05) is 38.1 Å². The summed E-state index contributed by atoms with van der Waals surface area (Å²) in [5.74, 6) is 0.286. The van der Waals surface area contributed by atoms with E-state index in [9.17, 15) is 18.0 Å². The summed E-state index contributed by atoms with van der Waals surface area (Å²) in [6, 6.07) is 7.53. The SMILES string of the molecule is CC(C)Cc1ccc(C(=O)CCC(=O)NC2(C)CCS(=O)(=O)C2)cc1. The van der Waals surface area contributed by atoms with Gasteiger partial charge in [0.25, 0.3) is 0 Å². The number of benzene rings is 1. The lowest BCUT2D eigenvalue weighted by molar-refractivity contribution is -0.122. The molecule has 1 aliphatic rings. The van der Waals surface area contributed by atoms with Crippen LogP contribution >= 0.6 is 0 Å². The Balaban J connectivity index is 1.84. The monoisotopic (exact) mass is 365 g/mol. The molecule has 1 amide bonds. The molecule has 0 bridgehead atoms. The van der Waals surface area contributed by atoms with Crippen LogP contribution in [0.5, 0.6) is 0 Å². The maximum atomic E-state index is 12.2. The number of amides is 1. The quantitative estimate of drug-likeness (QED) is 0.753. The number of ketones is 1. The van der Waals surface area contributed by atoms with Gasteiger partial charge in [-0.25, -0.2) is 8.42 Å². The maximum Gasteiger partial charge on any atom is 0.220 e. The van der Waals surface area contributed by atoms with E-state index in [4.69, 9.17) is 0 Å². The predicted molar refractivity (Wildman–Crippen MR) is 98.4 cm³/mol. The third-order valence-corrected chi connectivity index (χ3v) is 6.35. The van der Waals surface area contributed by atoms with E-state index < -0.39 is 15.4 Å². The topological polar surface area (TPSA) is 80.3 Å². The van der Waals surface area contributed by atoms with E-state index in [1.165, 1.54) is 5.56 Å². The minimum absolute atomic E-state index is 0.0308. The van der Waals surface area contributed by atoms with Crippen LogP contribution in [0.3, 0.4) is 0 Å². The first-order chi connectivity index (χ1) is 11.6. The summed E-state index contributed by atoms with van der Waals surface area (Å²) in [6.45, 7) is 6.03. The summed E-state index contributed by atoms with van der Waals surface area (Å²) in [5, 5.41) is 2.78. The van der Waals surface area contributed by atoms with E-state index in [1.807, 2.05) is 24.3 Å². The molecule has 0 aliphatic carbocycles. The highest BCUT2D eigenvalue weighted by Gasteiger charge is 2.39. The minimum Gasteiger partial charge on any atom is -0.350 e. The van der Waals surface area contributed by atoms with E-state index in [0.29, 0.717) is 17.9 Å². The molecule has 25 heavy (non-hydrogen) atoms. The molecule has 1 N–H and O–H groups in total. The zero-order chi connectivity index (χ0) is 18.7. The fraction of sp³-hybridized carbons (Fsp3) is 0.579. The van der Waals surface area contributed by atoms with Crippen molar-refractivity contribution in [3.05, 3.63) is 35.4 Å². The number of sulfone groups is 1. The fourth-order valence-corrected chi connectivity index (χ4v) is 5.27. The molecule has 1 atom stereocenters. The first-order valence-electron chi connectivity index (χ1n) is 8.72. The Hall–Kier alpha value is -1.69. The maximum absolute atomic E-state index is 12.2. The van der Waals surface area contributed by atoms with Crippen LogP contribution in [0.15, 0.2) is 24.3 Å². The molecule has 1 aromatic carbocycles. The van der Waals surface area contributed by atoms with Crippen molar-refractivity contribution in [2.45, 2.75) is 52.0 Å². The van der Waals surface area contributed by atoms with Gasteiger partial charge >= 0.3 is 0 Å². The van der Waals surface area contributed by atoms with Gasteiger partial charge < -0.3 is 5.32 Å². The zero-order valence-corrected chi connectivity index (χ0v) is 16.0. The largest absolute Gasteiger partial charge is 0.350 e. The van der Waals surface area contributed by atoms with Crippen LogP contribution in [-0.4, -0.2) is 37.2 Å². The molecule has 0 aromatic heterocycles. The molecule has 1 fully saturated rings. The lowest BCUT2D eigenvalue weighted by Gasteiger charge is -2.23. The van der Waals surface area contributed by atoms with Gasteiger partial charge in [-0.2, -0.15) is 0 Å². The average Bonchev–Trinajstić information content (AvgIpc) is 2.78. The molecule has 1 heterocycles. The van der Waals surface area contributed by atoms with Crippen molar-refractivity contribution in [2.75, 3.05) is 11.5 Å². The fourth-order valence-electron chi connectivity index (χ4n) is 3.18. The summed E-state index contributed by atoms with van der Waals surface area (Å²) >= 11 is 0. The molecule has 6 heteroatoms. The Morgan fingerprint density at radius 3 is 2.32 bits per heavy atom. The molecule has 1 aromatic rings. The highest BCUT2D eigenvalue weighted by Crippen LogP contribution is 2.23. The number of carbonyl (C=O) groups is 2. The van der Waals surface area contributed by atoms with Gasteiger partial charge in [0.1, 0.15) is 0 Å². The van der Waals surface area contributed by atoms with Gasteiger partial charge in [0.15, 0.2) is 15.6 Å². The Morgan fingerprint density at radius 1 is 1.16 bits per heavy atom. The number of hydrogen-bond acceptors (Lipinski definition) is 4. The molecule has 1 unspecified atom stereocenters. The van der Waals surface area contributed by atoms with Crippen molar-refractivity contribution in [1.29, 1.82) is 0 Å². The third-order valence-electron chi connectivity index (χ3n) is 4.44. The molecule has 0 saturated carbocycles. The number of carbonyl (C=O) groups excluding carboxylic acids is 2. The predicted octanol–water partition coefficient (Wildman–Crippen LogP) is 2.54. The van der Waals surface area contributed by atoms with Crippen molar-refractivity contribution < 1.29 is 18.0 Å². The zero-order valence-electron chi connectivity index (χ0n) is 15.2. The molecule has 138 valence electrons. The summed E-state index contributed by atoms with van der Waals surface area (Å²) in [7, 11) is -3.07. The van der Waals surface area contributed by atoms with Gasteiger partial charge in [0, 0.05) is 18.4 Å². The summed E-state index contributed by atoms with van der Waals surface area (Å²) in [5.41, 5.74) is 1.09. The van der Waals surface area contributed by atoms with Crippen LogP contribution in [0.1, 0.15) is 56.0 Å². The van der Waals surface area contributed by atoms with Gasteiger partial charge in [-0.3, -0.25) is 9.59 Å². The van der Waals surface area contributed by atoms with E-state index in [2.05, 4.69) is 19.2 Å². The van der Waals surface area contributed by atoms with Crippen molar-refractivity contribution in [3.8, 4) is 0 Å². The lowest BCUT2D eigenvalue weighted by Crippen LogP contribution is -2.46. The molecule has 0 radical (unpaired) electrons. The highest BCUT2D eigenvalue weighted by molar-refractivity contribution is 7.91. The second-order valence-electron chi connectivity index (χ2n) is 7.67. The summed E-state index contributed by atoms with van der Waals surface area (Å²) < 4.78 is 23.1. The Kier molecular flexibility index (Phi) is 6.03. The van der Waals surface area contributed by atoms with Crippen molar-refractivity contribution in [3.63, 3.8) is 0 Å². The Morgan fingerprint density at radius 2 is 1.80 bits per heavy atom. The second-order valence-corrected chi connectivity index (χ2v) is 9.85. The molecule has 2 rings (SSSR count). The average molecular weight is 365 g/mol. The smallest absolute Gasteiger partial charge is 0.220 e. The molecular formula is C19H27NO4S. The van der Waals surface area contributed by atoms with Crippen LogP contribution in [0.25, 0.3) is 0 Å². The molecule has 5 nitrogen and oxygen atoms in total. The highest BCUT2D eigenvalue weighted by atomic mass is 32.2. The number of nitrogens with one attached hydrogen (secondary N) is 1. The van der Waals surface area contributed by atoms with E-state index in [0.717, 1.165) is 6.42 Å². The lowest BCUT2D eigenvalue weighted by atomic mass is 9.99. The van der Waals surface area contributed by atoms with Crippen molar-refractivity contribution in [2.24, 2.45) is 5.92 Å². The van der Waals surface area contributed by atoms with E-state index >= 15 is 0 Å². The normalized spacial score (nSPS) is 22.1. The Bertz CT molecular complexity index is 737. The molecule has 1 saturated heterocycles. The van der Waals surface area contributed by atoms with Crippen molar-refractivity contribution >= 4 is 21.5 Å². The molecule has 0 spiro atoms. The van der Waals surface area contributed by atoms with Crippen LogP contribution in [0, 0.1) is 5.92 Å². The standard InChI is InChI=1S/C19H27NO4S/c1-14(2)12-15-4-6-16(7-5-15)17(21)8-9-18(22)20-19(3)10-11-25(23,24)13-19/h4-7,14H,8-13H2,1-3H3,(H,20,22). The molecule has 1 aliphatic heterocycles. The van der Waals surface area contributed by atoms with Crippen molar-refractivity contribution in [1.82, 2.24) is 5.32 Å². The first kappa shape index (κ1) is 19.6. The van der Waals surface area contributed by atoms with Gasteiger partial charge in [0.2, 0.25) is 5.91 Å². The van der Waals surface area contributed by atoms with Gasteiger partial charge in [-0.05, 0) is 31.2 Å². The number of Topliss-reactive ketones (excluding diaryl/α,β-unsaturated/α-hetero) is 1. The van der Waals surface area contributed by atoms with Crippen LogP contribution < -0.4 is 5.32 Å². The number of hydrogen-bond donors (Lipinski definition) is 1. The minimum atomic E-state index is -3.07. The van der Waals surface area contributed by atoms with E-state index in [-0.39, 0.29) is 36.0 Å². The van der Waals surface area contributed by atoms with Crippen LogP contribution in [-0.2, 0) is 21.1 Å². The summed E-state index contributed by atoms with van der Waals surface area (Å²) in [6.07, 6.45) is 1.59. The summed E-state index contributed by atoms with van der Waals surface area (Å²) in [4.78, 5) is 24.3. The van der Waals surface area contributed by atoms with Gasteiger partial charge in [-0.15, -0.1) is 0 Å². The van der Waals surface area contributed by atoms with Gasteiger partial charge in [0.05, 0.1) is 17.0 Å². The van der Waals surface area contributed by atoms with Crippen LogP contribution in [0.4, 0.5) is 0 Å². The first-order valence-corrected chi connectivity index (χ1v) is 10.5.